The predicted molar refractivity (Wildman–Crippen MR) is 81.4 cm³/mol. The molecule has 0 aromatic carbocycles. The molecule has 0 aliphatic heterocycles. The monoisotopic (exact) mass is 353 g/mol. The first-order valence-corrected chi connectivity index (χ1v) is 7.97. The van der Waals surface area contributed by atoms with Gasteiger partial charge in [-0.1, -0.05) is 11.6 Å². The summed E-state index contributed by atoms with van der Waals surface area (Å²) in [7, 11) is 0. The molecule has 0 amide bonds. The van der Waals surface area contributed by atoms with Crippen LogP contribution in [0.3, 0.4) is 0 Å². The molecule has 3 nitrogen and oxygen atoms in total. The maximum absolute atomic E-state index is 6.48. The van der Waals surface area contributed by atoms with Crippen molar-refractivity contribution in [1.29, 1.82) is 0 Å². The van der Waals surface area contributed by atoms with Crippen molar-refractivity contribution < 1.29 is 0 Å². The van der Waals surface area contributed by atoms with Crippen LogP contribution in [-0.2, 0) is 0 Å². The van der Waals surface area contributed by atoms with E-state index in [2.05, 4.69) is 25.3 Å². The van der Waals surface area contributed by atoms with Crippen LogP contribution in [0.2, 0.25) is 5.02 Å². The van der Waals surface area contributed by atoms with Crippen LogP contribution in [0.1, 0.15) is 23.6 Å². The van der Waals surface area contributed by atoms with Crippen molar-refractivity contribution in [3.8, 4) is 5.82 Å². The maximum atomic E-state index is 6.48. The van der Waals surface area contributed by atoms with E-state index in [1.165, 1.54) is 29.3 Å². The maximum Gasteiger partial charge on any atom is 0.171 e. The van der Waals surface area contributed by atoms with Gasteiger partial charge < -0.3 is 0 Å². The molecule has 96 valence electrons. The molecule has 1 aliphatic carbocycles. The highest BCUT2D eigenvalue weighted by atomic mass is 79.9. The van der Waals surface area contributed by atoms with E-state index in [4.69, 9.17) is 11.6 Å². The van der Waals surface area contributed by atoms with Crippen molar-refractivity contribution in [3.63, 3.8) is 0 Å². The van der Waals surface area contributed by atoms with E-state index in [0.29, 0.717) is 5.92 Å². The second-order valence-electron chi connectivity index (χ2n) is 4.69. The van der Waals surface area contributed by atoms with Crippen LogP contribution < -0.4 is 0 Å². The fourth-order valence-electron chi connectivity index (χ4n) is 2.19. The normalized spacial score (nSPS) is 15.3. The van der Waals surface area contributed by atoms with Gasteiger partial charge in [0.25, 0.3) is 0 Å². The number of hydrogen-bond acceptors (Lipinski definition) is 3. The largest absolute Gasteiger partial charge is 0.283 e. The Hall–Kier alpha value is -0.910. The van der Waals surface area contributed by atoms with Gasteiger partial charge in [0.05, 0.1) is 5.02 Å². The highest BCUT2D eigenvalue weighted by molar-refractivity contribution is 9.10. The highest BCUT2D eigenvalue weighted by Crippen LogP contribution is 2.47. The number of halogens is 2. The van der Waals surface area contributed by atoms with Crippen LogP contribution in [0.4, 0.5) is 0 Å². The summed E-state index contributed by atoms with van der Waals surface area (Å²) < 4.78 is 7.29. The molecule has 0 radical (unpaired) electrons. The molecule has 1 aliphatic rings. The van der Waals surface area contributed by atoms with Gasteiger partial charge in [-0.25, -0.2) is 4.98 Å². The molecule has 0 unspecified atom stereocenters. The van der Waals surface area contributed by atoms with Crippen LogP contribution in [0.5, 0.6) is 0 Å². The molecule has 4 rings (SSSR count). The molecule has 0 bridgehead atoms. The first-order chi connectivity index (χ1) is 9.24. The van der Waals surface area contributed by atoms with Crippen LogP contribution in [-0.4, -0.2) is 13.9 Å². The second-order valence-corrected chi connectivity index (χ2v) is 6.69. The van der Waals surface area contributed by atoms with E-state index < -0.39 is 0 Å². The van der Waals surface area contributed by atoms with Crippen molar-refractivity contribution >= 4 is 50.1 Å². The molecule has 1 fully saturated rings. The van der Waals surface area contributed by atoms with Gasteiger partial charge in [0, 0.05) is 16.5 Å². The summed E-state index contributed by atoms with van der Waals surface area (Å²) >= 11 is 11.4. The van der Waals surface area contributed by atoms with Gasteiger partial charge >= 0.3 is 0 Å². The summed E-state index contributed by atoms with van der Waals surface area (Å²) in [5.74, 6) is 1.43. The molecule has 3 aromatic rings. The Morgan fingerprint density at radius 2 is 2.16 bits per heavy atom. The Labute approximate surface area is 127 Å². The summed E-state index contributed by atoms with van der Waals surface area (Å²) in [6, 6.07) is 6.00. The van der Waals surface area contributed by atoms with E-state index in [-0.39, 0.29) is 0 Å². The summed E-state index contributed by atoms with van der Waals surface area (Å²) in [6.07, 6.45) is 4.44. The number of pyridine rings is 1. The van der Waals surface area contributed by atoms with E-state index in [9.17, 15) is 0 Å². The third-order valence-corrected chi connectivity index (χ3v) is 5.25. The van der Waals surface area contributed by atoms with Crippen molar-refractivity contribution in [3.05, 3.63) is 38.9 Å². The van der Waals surface area contributed by atoms with Gasteiger partial charge in [-0.3, -0.25) is 4.57 Å². The third kappa shape index (κ3) is 1.91. The molecule has 0 N–H and O–H groups in total. The molecule has 19 heavy (non-hydrogen) atoms. The van der Waals surface area contributed by atoms with E-state index >= 15 is 0 Å². The minimum absolute atomic E-state index is 0.625. The summed E-state index contributed by atoms with van der Waals surface area (Å²) in [5.41, 5.74) is 0.879. The minimum Gasteiger partial charge on any atom is -0.283 e. The highest BCUT2D eigenvalue weighted by Gasteiger charge is 2.30. The molecule has 6 heteroatoms. The zero-order valence-electron chi connectivity index (χ0n) is 9.81. The lowest BCUT2D eigenvalue weighted by Gasteiger charge is -2.02. The van der Waals surface area contributed by atoms with Crippen LogP contribution in [0.25, 0.3) is 16.9 Å². The van der Waals surface area contributed by atoms with Gasteiger partial charge in [0.15, 0.2) is 5.82 Å². The molecular formula is C13H9BrClN3S. The zero-order chi connectivity index (χ0) is 13.0. The number of hydrogen-bond donors (Lipinski definition) is 0. The van der Waals surface area contributed by atoms with E-state index in [1.54, 1.807) is 0 Å². The van der Waals surface area contributed by atoms with E-state index in [0.717, 1.165) is 26.5 Å². The summed E-state index contributed by atoms with van der Waals surface area (Å²) in [6.45, 7) is 0. The van der Waals surface area contributed by atoms with Gasteiger partial charge in [0.2, 0.25) is 0 Å². The Morgan fingerprint density at radius 1 is 1.32 bits per heavy atom. The standard InChI is InChI=1S/C13H9BrClN3S/c14-9-4-3-8-5-6-18(12(8)16-9)13-10(15)11(19-17-13)7-1-2-7/h3-7H,1-2H2. The van der Waals surface area contributed by atoms with Crippen molar-refractivity contribution in [2.45, 2.75) is 18.8 Å². The third-order valence-electron chi connectivity index (χ3n) is 3.32. The summed E-state index contributed by atoms with van der Waals surface area (Å²) in [4.78, 5) is 5.72. The Balaban J connectivity index is 1.92. The SMILES string of the molecule is Clc1c(-n2ccc3ccc(Br)nc32)nsc1C1CC1. The van der Waals surface area contributed by atoms with Gasteiger partial charge in [-0.05, 0) is 64.4 Å². The molecule has 3 aromatic heterocycles. The smallest absolute Gasteiger partial charge is 0.171 e. The van der Waals surface area contributed by atoms with Crippen LogP contribution in [0, 0.1) is 0 Å². The fourth-order valence-corrected chi connectivity index (χ4v) is 3.85. The van der Waals surface area contributed by atoms with Gasteiger partial charge in [0.1, 0.15) is 10.3 Å². The second kappa shape index (κ2) is 4.30. The minimum atomic E-state index is 0.625. The zero-order valence-corrected chi connectivity index (χ0v) is 13.0. The molecule has 0 atom stereocenters. The fraction of sp³-hybridized carbons (Fsp3) is 0.231. The van der Waals surface area contributed by atoms with Crippen LogP contribution >= 0.6 is 39.1 Å². The number of aromatic nitrogens is 3. The molecule has 1 saturated carbocycles. The number of nitrogens with zero attached hydrogens (tertiary/aromatic N) is 3. The van der Waals surface area contributed by atoms with Crippen LogP contribution in [0.15, 0.2) is 29.0 Å². The lowest BCUT2D eigenvalue weighted by molar-refractivity contribution is 1.05. The lowest BCUT2D eigenvalue weighted by atomic mass is 10.3. The van der Waals surface area contributed by atoms with Crippen molar-refractivity contribution in [2.24, 2.45) is 0 Å². The van der Waals surface area contributed by atoms with Gasteiger partial charge in [-0.15, -0.1) is 0 Å². The predicted octanol–water partition coefficient (Wildman–Crippen LogP) is 4.78. The topological polar surface area (TPSA) is 30.7 Å². The van der Waals surface area contributed by atoms with E-state index in [1.807, 2.05) is 29.0 Å². The number of rotatable bonds is 2. The average Bonchev–Trinajstić information content (AvgIpc) is 3.05. The number of fused-ring (bicyclic) bond motifs is 1. The first-order valence-electron chi connectivity index (χ1n) is 6.03. The molecule has 0 spiro atoms. The molecular weight excluding hydrogens is 346 g/mol. The van der Waals surface area contributed by atoms with Crippen molar-refractivity contribution in [1.82, 2.24) is 13.9 Å². The first kappa shape index (κ1) is 11.9. The molecule has 3 heterocycles. The Kier molecular flexibility index (Phi) is 2.69. The lowest BCUT2D eigenvalue weighted by Crippen LogP contribution is -1.95. The van der Waals surface area contributed by atoms with Crippen molar-refractivity contribution in [2.75, 3.05) is 0 Å². The molecule has 0 saturated heterocycles. The Morgan fingerprint density at radius 3 is 2.95 bits per heavy atom. The van der Waals surface area contributed by atoms with Gasteiger partial charge in [-0.2, -0.15) is 4.37 Å². The average molecular weight is 355 g/mol. The Bertz CT molecular complexity index is 775. The summed E-state index contributed by atoms with van der Waals surface area (Å²) in [5, 5.41) is 1.87. The quantitative estimate of drug-likeness (QED) is 0.620.